The van der Waals surface area contributed by atoms with Gasteiger partial charge in [-0.3, -0.25) is 9.48 Å². The van der Waals surface area contributed by atoms with Crippen molar-refractivity contribution in [3.63, 3.8) is 0 Å². The maximum atomic E-state index is 12.2. The third-order valence-electron chi connectivity index (χ3n) is 4.07. The van der Waals surface area contributed by atoms with Gasteiger partial charge in [-0.15, -0.1) is 0 Å². The summed E-state index contributed by atoms with van der Waals surface area (Å²) in [5.74, 6) is -0.239. The number of hydrazone groups is 1. The number of nitrogens with zero attached hydrogens (tertiary/aromatic N) is 3. The molecule has 1 amide bonds. The zero-order chi connectivity index (χ0) is 19.4. The highest BCUT2D eigenvalue weighted by molar-refractivity contribution is 14.1. The van der Waals surface area contributed by atoms with Gasteiger partial charge in [0.15, 0.2) is 0 Å². The molecular weight excluding hydrogens is 519 g/mol. The van der Waals surface area contributed by atoms with Crippen LogP contribution < -0.4 is 5.43 Å². The van der Waals surface area contributed by atoms with Crippen LogP contribution >= 0.6 is 38.5 Å². The van der Waals surface area contributed by atoms with Crippen LogP contribution in [0.1, 0.15) is 32.9 Å². The second-order valence-electron chi connectivity index (χ2n) is 6.09. The third kappa shape index (κ3) is 5.04. The number of amides is 1. The van der Waals surface area contributed by atoms with Crippen LogP contribution in [-0.4, -0.2) is 21.9 Å². The van der Waals surface area contributed by atoms with Crippen LogP contribution in [-0.2, 0) is 6.54 Å². The lowest BCUT2D eigenvalue weighted by Gasteiger charge is -2.06. The smallest absolute Gasteiger partial charge is 0.267 e. The van der Waals surface area contributed by atoms with Crippen LogP contribution in [0.15, 0.2) is 58.1 Å². The Morgan fingerprint density at radius 1 is 1.26 bits per heavy atom. The van der Waals surface area contributed by atoms with E-state index in [0.717, 1.165) is 30.6 Å². The molecule has 138 valence electrons. The quantitative estimate of drug-likeness (QED) is 0.292. The van der Waals surface area contributed by atoms with Crippen molar-refractivity contribution < 1.29 is 4.79 Å². The fraction of sp³-hybridized carbons (Fsp3) is 0.150. The summed E-state index contributed by atoms with van der Waals surface area (Å²) in [6, 6.07) is 15.3. The first-order valence-corrected chi connectivity index (χ1v) is 10.2. The monoisotopic (exact) mass is 536 g/mol. The van der Waals surface area contributed by atoms with Gasteiger partial charge in [0.2, 0.25) is 0 Å². The standard InChI is InChI=1S/C20H18BrIN4O/c1-13-19(21)14(2)26(25-13)12-15-6-8-17(9-7-15)20(27)24-23-11-16-4-3-5-18(22)10-16/h3-11H,12H2,1-2H3,(H,24,27). The summed E-state index contributed by atoms with van der Waals surface area (Å²) in [5.41, 5.74) is 7.19. The molecule has 2 aromatic carbocycles. The number of halogens is 2. The molecule has 0 atom stereocenters. The van der Waals surface area contributed by atoms with E-state index in [1.165, 1.54) is 0 Å². The van der Waals surface area contributed by atoms with Gasteiger partial charge >= 0.3 is 0 Å². The summed E-state index contributed by atoms with van der Waals surface area (Å²) in [5, 5.41) is 8.53. The molecule has 0 saturated carbocycles. The van der Waals surface area contributed by atoms with Crippen molar-refractivity contribution >= 4 is 50.6 Å². The first-order chi connectivity index (χ1) is 12.9. The van der Waals surface area contributed by atoms with E-state index in [4.69, 9.17) is 0 Å². The third-order valence-corrected chi connectivity index (χ3v) is 5.89. The fourth-order valence-electron chi connectivity index (χ4n) is 2.58. The number of aromatic nitrogens is 2. The second kappa shape index (κ2) is 8.79. The highest BCUT2D eigenvalue weighted by Crippen LogP contribution is 2.20. The van der Waals surface area contributed by atoms with Crippen LogP contribution in [0.25, 0.3) is 0 Å². The van der Waals surface area contributed by atoms with E-state index < -0.39 is 0 Å². The molecule has 3 aromatic rings. The SMILES string of the molecule is Cc1nn(Cc2ccc(C(=O)NN=Cc3cccc(I)c3)cc2)c(C)c1Br. The van der Waals surface area contributed by atoms with E-state index in [-0.39, 0.29) is 5.91 Å². The average molecular weight is 537 g/mol. The van der Waals surface area contributed by atoms with E-state index in [2.05, 4.69) is 54.1 Å². The minimum absolute atomic E-state index is 0.239. The molecule has 1 heterocycles. The molecule has 0 saturated heterocycles. The number of benzene rings is 2. The number of carbonyl (C=O) groups excluding carboxylic acids is 1. The molecule has 1 aromatic heterocycles. The first kappa shape index (κ1) is 19.8. The van der Waals surface area contributed by atoms with Gasteiger partial charge in [0.25, 0.3) is 5.91 Å². The summed E-state index contributed by atoms with van der Waals surface area (Å²) < 4.78 is 4.09. The highest BCUT2D eigenvalue weighted by atomic mass is 127. The maximum absolute atomic E-state index is 12.2. The van der Waals surface area contributed by atoms with E-state index in [0.29, 0.717) is 12.1 Å². The van der Waals surface area contributed by atoms with Gasteiger partial charge in [-0.25, -0.2) is 5.43 Å². The zero-order valence-corrected chi connectivity index (χ0v) is 18.7. The van der Waals surface area contributed by atoms with Crippen molar-refractivity contribution in [2.75, 3.05) is 0 Å². The molecule has 27 heavy (non-hydrogen) atoms. The van der Waals surface area contributed by atoms with Crippen molar-refractivity contribution in [2.24, 2.45) is 5.10 Å². The van der Waals surface area contributed by atoms with Crippen LogP contribution in [0.5, 0.6) is 0 Å². The summed E-state index contributed by atoms with van der Waals surface area (Å²) in [4.78, 5) is 12.2. The molecule has 1 N–H and O–H groups in total. The molecule has 0 aliphatic heterocycles. The van der Waals surface area contributed by atoms with Crippen molar-refractivity contribution in [3.8, 4) is 0 Å². The Labute approximate surface area is 180 Å². The van der Waals surface area contributed by atoms with Crippen LogP contribution in [0.4, 0.5) is 0 Å². The van der Waals surface area contributed by atoms with Gasteiger partial charge in [-0.2, -0.15) is 10.2 Å². The van der Waals surface area contributed by atoms with E-state index in [1.807, 2.05) is 54.9 Å². The molecule has 5 nitrogen and oxygen atoms in total. The largest absolute Gasteiger partial charge is 0.271 e. The Bertz CT molecular complexity index is 996. The second-order valence-corrected chi connectivity index (χ2v) is 8.13. The number of aryl methyl sites for hydroxylation is 1. The van der Waals surface area contributed by atoms with Gasteiger partial charge < -0.3 is 0 Å². The molecular formula is C20H18BrIN4O. The molecule has 0 spiro atoms. The number of rotatable bonds is 5. The lowest BCUT2D eigenvalue weighted by atomic mass is 10.1. The van der Waals surface area contributed by atoms with Crippen LogP contribution in [0.2, 0.25) is 0 Å². The Morgan fingerprint density at radius 2 is 2.00 bits per heavy atom. The Hall–Kier alpha value is -2.00. The molecule has 0 aliphatic carbocycles. The Balaban J connectivity index is 1.62. The number of hydrogen-bond donors (Lipinski definition) is 1. The molecule has 3 rings (SSSR count). The van der Waals surface area contributed by atoms with Crippen molar-refractivity contribution in [2.45, 2.75) is 20.4 Å². The van der Waals surface area contributed by atoms with Crippen molar-refractivity contribution in [1.82, 2.24) is 15.2 Å². The van der Waals surface area contributed by atoms with Gasteiger partial charge in [-0.05, 0) is 87.8 Å². The maximum Gasteiger partial charge on any atom is 0.271 e. The molecule has 0 bridgehead atoms. The summed E-state index contributed by atoms with van der Waals surface area (Å²) >= 11 is 5.78. The number of hydrogen-bond acceptors (Lipinski definition) is 3. The molecule has 0 radical (unpaired) electrons. The van der Waals surface area contributed by atoms with Gasteiger partial charge in [0, 0.05) is 9.13 Å². The number of nitrogens with one attached hydrogen (secondary N) is 1. The van der Waals surface area contributed by atoms with Crippen molar-refractivity contribution in [1.29, 1.82) is 0 Å². The zero-order valence-electron chi connectivity index (χ0n) is 14.9. The molecule has 0 fully saturated rings. The topological polar surface area (TPSA) is 59.3 Å². The highest BCUT2D eigenvalue weighted by Gasteiger charge is 2.09. The van der Waals surface area contributed by atoms with E-state index >= 15 is 0 Å². The minimum atomic E-state index is -0.239. The summed E-state index contributed by atoms with van der Waals surface area (Å²) in [6.07, 6.45) is 1.63. The summed E-state index contributed by atoms with van der Waals surface area (Å²) in [6.45, 7) is 4.65. The predicted molar refractivity (Wildman–Crippen MR) is 119 cm³/mol. The summed E-state index contributed by atoms with van der Waals surface area (Å²) in [7, 11) is 0. The van der Waals surface area contributed by atoms with E-state index in [1.54, 1.807) is 18.3 Å². The molecule has 7 heteroatoms. The lowest BCUT2D eigenvalue weighted by Crippen LogP contribution is -2.17. The normalized spacial score (nSPS) is 11.1. The average Bonchev–Trinajstić information content (AvgIpc) is 2.89. The minimum Gasteiger partial charge on any atom is -0.267 e. The Kier molecular flexibility index (Phi) is 6.43. The number of carbonyl (C=O) groups is 1. The van der Waals surface area contributed by atoms with Gasteiger partial charge in [-0.1, -0.05) is 24.3 Å². The van der Waals surface area contributed by atoms with Crippen LogP contribution in [0, 0.1) is 17.4 Å². The Morgan fingerprint density at radius 3 is 2.63 bits per heavy atom. The fourth-order valence-corrected chi connectivity index (χ4v) is 3.43. The van der Waals surface area contributed by atoms with Gasteiger partial charge in [0.1, 0.15) is 0 Å². The van der Waals surface area contributed by atoms with Crippen molar-refractivity contribution in [3.05, 3.63) is 84.7 Å². The lowest BCUT2D eigenvalue weighted by molar-refractivity contribution is 0.0955. The van der Waals surface area contributed by atoms with Gasteiger partial charge in [0.05, 0.1) is 28.6 Å². The predicted octanol–water partition coefficient (Wildman–Crippen LogP) is 4.68. The molecule has 0 unspecified atom stereocenters. The van der Waals surface area contributed by atoms with Crippen LogP contribution in [0.3, 0.4) is 0 Å². The van der Waals surface area contributed by atoms with E-state index in [9.17, 15) is 4.79 Å². The molecule has 0 aliphatic rings. The first-order valence-electron chi connectivity index (χ1n) is 8.31.